The summed E-state index contributed by atoms with van der Waals surface area (Å²) in [7, 11) is -3.41. The maximum Gasteiger partial charge on any atom is 0.179 e. The molecule has 1 atom stereocenters. The minimum absolute atomic E-state index is 0.0193. The maximum atomic E-state index is 11.9. The average molecular weight is 408 g/mol. The second kappa shape index (κ2) is 9.41. The molecular weight excluding hydrogens is 378 g/mol. The lowest BCUT2D eigenvalue weighted by molar-refractivity contribution is 0.0914. The van der Waals surface area contributed by atoms with Gasteiger partial charge in [-0.2, -0.15) is 0 Å². The number of benzene rings is 2. The second-order valence-electron chi connectivity index (χ2n) is 7.55. The highest BCUT2D eigenvalue weighted by molar-refractivity contribution is 7.90. The van der Waals surface area contributed by atoms with Crippen LogP contribution in [0.25, 0.3) is 0 Å². The van der Waals surface area contributed by atoms with Gasteiger partial charge in [0.05, 0.1) is 0 Å². The molecule has 0 aliphatic heterocycles. The molecule has 0 bridgehead atoms. The van der Waals surface area contributed by atoms with Crippen LogP contribution in [0.3, 0.4) is 0 Å². The van der Waals surface area contributed by atoms with Crippen LogP contribution in [0.1, 0.15) is 19.4 Å². The first kappa shape index (κ1) is 22.2. The van der Waals surface area contributed by atoms with E-state index < -0.39 is 15.9 Å². The third kappa shape index (κ3) is 7.14. The van der Waals surface area contributed by atoms with Crippen molar-refractivity contribution in [3.8, 4) is 11.5 Å². The molecule has 0 heterocycles. The standard InChI is InChI=1S/C21H29NO5S/c1-16-10-11-20(28(4,24)25)19(12-16)26-14-17(23)13-22-21(2,3)15-27-18-8-6-5-7-9-18/h5-12,17,22-23H,13-15H2,1-4H3. The van der Waals surface area contributed by atoms with Crippen molar-refractivity contribution in [3.05, 3.63) is 54.1 Å². The minimum Gasteiger partial charge on any atom is -0.492 e. The molecule has 0 aromatic heterocycles. The molecule has 0 saturated heterocycles. The first-order valence-electron chi connectivity index (χ1n) is 9.11. The Kier molecular flexibility index (Phi) is 7.46. The van der Waals surface area contributed by atoms with Gasteiger partial charge in [0.15, 0.2) is 9.84 Å². The Balaban J connectivity index is 1.85. The molecule has 2 aromatic rings. The van der Waals surface area contributed by atoms with E-state index in [1.165, 1.54) is 6.07 Å². The number of hydrogen-bond donors (Lipinski definition) is 2. The fraction of sp³-hybridized carbons (Fsp3) is 0.429. The van der Waals surface area contributed by atoms with Crippen LogP contribution in [0, 0.1) is 6.92 Å². The number of aryl methyl sites for hydroxylation is 1. The molecule has 0 aliphatic carbocycles. The summed E-state index contributed by atoms with van der Waals surface area (Å²) < 4.78 is 35.1. The largest absolute Gasteiger partial charge is 0.492 e. The third-order valence-electron chi connectivity index (χ3n) is 4.09. The van der Waals surface area contributed by atoms with Crippen LogP contribution >= 0.6 is 0 Å². The summed E-state index contributed by atoms with van der Waals surface area (Å²) in [6.45, 7) is 6.50. The van der Waals surface area contributed by atoms with Gasteiger partial charge >= 0.3 is 0 Å². The molecule has 6 nitrogen and oxygen atoms in total. The number of sulfone groups is 1. The molecule has 7 heteroatoms. The van der Waals surface area contributed by atoms with E-state index in [1.54, 1.807) is 12.1 Å². The Labute approximate surface area is 167 Å². The smallest absolute Gasteiger partial charge is 0.179 e. The van der Waals surface area contributed by atoms with Crippen LogP contribution in [0.5, 0.6) is 11.5 Å². The van der Waals surface area contributed by atoms with Crippen LogP contribution < -0.4 is 14.8 Å². The molecule has 28 heavy (non-hydrogen) atoms. The first-order chi connectivity index (χ1) is 13.1. The Hall–Kier alpha value is -2.09. The maximum absolute atomic E-state index is 11.9. The van der Waals surface area contributed by atoms with Crippen molar-refractivity contribution in [2.75, 3.05) is 26.0 Å². The monoisotopic (exact) mass is 407 g/mol. The number of aliphatic hydroxyl groups excluding tert-OH is 1. The number of nitrogens with one attached hydrogen (secondary N) is 1. The van der Waals surface area contributed by atoms with Gasteiger partial charge < -0.3 is 19.9 Å². The fourth-order valence-electron chi connectivity index (χ4n) is 2.50. The van der Waals surface area contributed by atoms with Crippen molar-refractivity contribution in [1.29, 1.82) is 0 Å². The molecule has 2 rings (SSSR count). The fourth-order valence-corrected chi connectivity index (χ4v) is 3.30. The predicted molar refractivity (Wildman–Crippen MR) is 110 cm³/mol. The quantitative estimate of drug-likeness (QED) is 0.630. The van der Waals surface area contributed by atoms with Crippen LogP contribution in [0.2, 0.25) is 0 Å². The molecule has 1 unspecified atom stereocenters. The van der Waals surface area contributed by atoms with Crippen LogP contribution in [0.4, 0.5) is 0 Å². The SMILES string of the molecule is Cc1ccc(S(C)(=O)=O)c(OCC(O)CNC(C)(C)COc2ccccc2)c1. The molecule has 0 aliphatic rings. The zero-order chi connectivity index (χ0) is 20.8. The van der Waals surface area contributed by atoms with Crippen molar-refractivity contribution in [1.82, 2.24) is 5.32 Å². The molecule has 0 fully saturated rings. The van der Waals surface area contributed by atoms with Gasteiger partial charge in [0, 0.05) is 18.3 Å². The Bertz CT molecular complexity index is 866. The summed E-state index contributed by atoms with van der Waals surface area (Å²) >= 11 is 0. The topological polar surface area (TPSA) is 84.9 Å². The summed E-state index contributed by atoms with van der Waals surface area (Å²) in [6.07, 6.45) is 0.335. The van der Waals surface area contributed by atoms with Gasteiger partial charge in [0.25, 0.3) is 0 Å². The lowest BCUT2D eigenvalue weighted by atomic mass is 10.1. The molecular formula is C21H29NO5S. The number of rotatable bonds is 10. The third-order valence-corrected chi connectivity index (χ3v) is 5.23. The highest BCUT2D eigenvalue weighted by atomic mass is 32.2. The van der Waals surface area contributed by atoms with Crippen LogP contribution in [-0.4, -0.2) is 51.2 Å². The van der Waals surface area contributed by atoms with Gasteiger partial charge in [-0.15, -0.1) is 0 Å². The molecule has 0 radical (unpaired) electrons. The van der Waals surface area contributed by atoms with E-state index in [-0.39, 0.29) is 29.3 Å². The number of β-amino-alcohol motifs (C(OH)–C–C–N with tert-alkyl or cyclic N) is 1. The van der Waals surface area contributed by atoms with Gasteiger partial charge in [-0.1, -0.05) is 24.3 Å². The van der Waals surface area contributed by atoms with E-state index in [2.05, 4.69) is 5.32 Å². The molecule has 0 saturated carbocycles. The van der Waals surface area contributed by atoms with E-state index in [0.29, 0.717) is 6.61 Å². The molecule has 2 aromatic carbocycles. The summed E-state index contributed by atoms with van der Waals surface area (Å²) in [4.78, 5) is 0.120. The summed E-state index contributed by atoms with van der Waals surface area (Å²) in [5, 5.41) is 13.5. The number of aliphatic hydroxyl groups is 1. The minimum atomic E-state index is -3.41. The van der Waals surface area contributed by atoms with Gasteiger partial charge in [-0.05, 0) is 50.6 Å². The summed E-state index contributed by atoms with van der Waals surface area (Å²) in [6, 6.07) is 14.4. The molecule has 0 amide bonds. The van der Waals surface area contributed by atoms with Gasteiger partial charge in [-0.25, -0.2) is 8.42 Å². The zero-order valence-electron chi connectivity index (χ0n) is 16.8. The lowest BCUT2D eigenvalue weighted by Crippen LogP contribution is -2.48. The predicted octanol–water partition coefficient (Wildman–Crippen LogP) is 2.59. The van der Waals surface area contributed by atoms with Crippen molar-refractivity contribution in [2.24, 2.45) is 0 Å². The first-order valence-corrected chi connectivity index (χ1v) is 11.0. The number of para-hydroxylation sites is 1. The molecule has 154 valence electrons. The highest BCUT2D eigenvalue weighted by Crippen LogP contribution is 2.25. The second-order valence-corrected chi connectivity index (χ2v) is 9.54. The lowest BCUT2D eigenvalue weighted by Gasteiger charge is -2.28. The van der Waals surface area contributed by atoms with Crippen LogP contribution in [-0.2, 0) is 9.84 Å². The Morgan fingerprint density at radius 3 is 2.43 bits per heavy atom. The van der Waals surface area contributed by atoms with E-state index >= 15 is 0 Å². The van der Waals surface area contributed by atoms with E-state index in [0.717, 1.165) is 17.6 Å². The Morgan fingerprint density at radius 1 is 1.11 bits per heavy atom. The van der Waals surface area contributed by atoms with E-state index in [1.807, 2.05) is 51.1 Å². The number of ether oxygens (including phenoxy) is 2. The zero-order valence-corrected chi connectivity index (χ0v) is 17.6. The highest BCUT2D eigenvalue weighted by Gasteiger charge is 2.21. The average Bonchev–Trinajstić information content (AvgIpc) is 2.63. The van der Waals surface area contributed by atoms with Gasteiger partial charge in [0.2, 0.25) is 0 Å². The van der Waals surface area contributed by atoms with Gasteiger partial charge in [-0.3, -0.25) is 0 Å². The molecule has 2 N–H and O–H groups in total. The Morgan fingerprint density at radius 2 is 1.79 bits per heavy atom. The molecule has 0 spiro atoms. The summed E-state index contributed by atoms with van der Waals surface area (Å²) in [5.41, 5.74) is 0.521. The van der Waals surface area contributed by atoms with Crippen molar-refractivity contribution < 1.29 is 23.0 Å². The van der Waals surface area contributed by atoms with Gasteiger partial charge in [0.1, 0.15) is 35.7 Å². The normalized spacial score (nSPS) is 13.2. The number of hydrogen-bond acceptors (Lipinski definition) is 6. The summed E-state index contributed by atoms with van der Waals surface area (Å²) in [5.74, 6) is 1.04. The van der Waals surface area contributed by atoms with Crippen molar-refractivity contribution >= 4 is 9.84 Å². The van der Waals surface area contributed by atoms with E-state index in [9.17, 15) is 13.5 Å². The van der Waals surface area contributed by atoms with Crippen molar-refractivity contribution in [2.45, 2.75) is 37.3 Å². The van der Waals surface area contributed by atoms with E-state index in [4.69, 9.17) is 9.47 Å². The van der Waals surface area contributed by atoms with Crippen molar-refractivity contribution in [3.63, 3.8) is 0 Å². The van der Waals surface area contributed by atoms with Crippen LogP contribution in [0.15, 0.2) is 53.4 Å².